The van der Waals surface area contributed by atoms with E-state index in [1.165, 1.54) is 6.92 Å². The first kappa shape index (κ1) is 19.3. The molecule has 0 aliphatic carbocycles. The third kappa shape index (κ3) is 2.87. The molecule has 146 valence electrons. The summed E-state index contributed by atoms with van der Waals surface area (Å²) in [6.45, 7) is 6.53. The van der Waals surface area contributed by atoms with Crippen LogP contribution in [-0.4, -0.2) is 33.6 Å². The van der Waals surface area contributed by atoms with Crippen LogP contribution in [0.2, 0.25) is 0 Å². The number of carbonyl (C=O) groups excluding carboxylic acids is 4. The van der Waals surface area contributed by atoms with Crippen molar-refractivity contribution in [2.24, 2.45) is 0 Å². The molecule has 0 unspecified atom stereocenters. The number of amides is 4. The fraction of sp³-hybridized carbons (Fsp3) is 0.300. The molecule has 8 heteroatoms. The summed E-state index contributed by atoms with van der Waals surface area (Å²) in [5.41, 5.74) is 3.35. The predicted octanol–water partition coefficient (Wildman–Crippen LogP) is 2.34. The standard InChI is InChI=1S/C20H22N4O4/c1-5-20(14-9-7-6-8-10-14)18(27)24(19(28)22-20)23-17(26)16-11(2)15(13(4)25)12(3)21-16/h6-10,21H,5H2,1-4H3,(H,22,28)(H,23,26)/t20-/m1/s1. The van der Waals surface area contributed by atoms with E-state index < -0.39 is 23.4 Å². The van der Waals surface area contributed by atoms with E-state index in [-0.39, 0.29) is 11.5 Å². The maximum absolute atomic E-state index is 13.1. The van der Waals surface area contributed by atoms with Gasteiger partial charge >= 0.3 is 6.03 Å². The highest BCUT2D eigenvalue weighted by Gasteiger charge is 2.52. The van der Waals surface area contributed by atoms with E-state index in [1.807, 2.05) is 6.07 Å². The lowest BCUT2D eigenvalue weighted by atomic mass is 9.87. The Kier molecular flexibility index (Phi) is 4.80. The fourth-order valence-corrected chi connectivity index (χ4v) is 3.70. The molecule has 1 aromatic carbocycles. The van der Waals surface area contributed by atoms with Gasteiger partial charge in [0.05, 0.1) is 0 Å². The summed E-state index contributed by atoms with van der Waals surface area (Å²) >= 11 is 0. The van der Waals surface area contributed by atoms with Gasteiger partial charge in [-0.15, -0.1) is 0 Å². The second-order valence-corrected chi connectivity index (χ2v) is 6.82. The molecule has 3 N–H and O–H groups in total. The normalized spacial score (nSPS) is 18.9. The van der Waals surface area contributed by atoms with Crippen molar-refractivity contribution < 1.29 is 19.2 Å². The highest BCUT2D eigenvalue weighted by molar-refractivity contribution is 6.10. The van der Waals surface area contributed by atoms with Gasteiger partial charge in [-0.2, -0.15) is 5.01 Å². The smallest absolute Gasteiger partial charge is 0.344 e. The average molecular weight is 382 g/mol. The van der Waals surface area contributed by atoms with Gasteiger partial charge in [-0.25, -0.2) is 4.79 Å². The molecule has 2 aromatic rings. The molecule has 0 spiro atoms. The summed E-state index contributed by atoms with van der Waals surface area (Å²) in [4.78, 5) is 52.9. The number of hydrazine groups is 1. The first-order chi connectivity index (χ1) is 13.2. The van der Waals surface area contributed by atoms with Crippen molar-refractivity contribution >= 4 is 23.6 Å². The minimum absolute atomic E-state index is 0.136. The first-order valence-electron chi connectivity index (χ1n) is 8.96. The summed E-state index contributed by atoms with van der Waals surface area (Å²) in [6, 6.07) is 8.17. The first-order valence-corrected chi connectivity index (χ1v) is 8.96. The van der Waals surface area contributed by atoms with E-state index in [0.29, 0.717) is 33.8 Å². The van der Waals surface area contributed by atoms with Crippen LogP contribution in [0.3, 0.4) is 0 Å². The number of nitrogens with one attached hydrogen (secondary N) is 3. The van der Waals surface area contributed by atoms with Crippen molar-refractivity contribution in [1.29, 1.82) is 0 Å². The molecule has 1 saturated heterocycles. The molecular formula is C20H22N4O4. The van der Waals surface area contributed by atoms with E-state index in [1.54, 1.807) is 45.0 Å². The number of H-pyrrole nitrogens is 1. The summed E-state index contributed by atoms with van der Waals surface area (Å²) < 4.78 is 0. The Balaban J connectivity index is 1.90. The van der Waals surface area contributed by atoms with Crippen LogP contribution >= 0.6 is 0 Å². The lowest BCUT2D eigenvalue weighted by Crippen LogP contribution is -2.48. The number of aromatic amines is 1. The number of hydrogen-bond acceptors (Lipinski definition) is 4. The number of imide groups is 1. The monoisotopic (exact) mass is 382 g/mol. The van der Waals surface area contributed by atoms with Gasteiger partial charge in [-0.05, 0) is 38.3 Å². The van der Waals surface area contributed by atoms with Crippen molar-refractivity contribution in [3.63, 3.8) is 0 Å². The Bertz CT molecular complexity index is 980. The zero-order valence-corrected chi connectivity index (χ0v) is 16.2. The highest BCUT2D eigenvalue weighted by atomic mass is 16.2. The topological polar surface area (TPSA) is 111 Å². The number of benzene rings is 1. The van der Waals surface area contributed by atoms with Crippen molar-refractivity contribution in [3.05, 3.63) is 58.4 Å². The van der Waals surface area contributed by atoms with Gasteiger partial charge in [0.2, 0.25) is 0 Å². The lowest BCUT2D eigenvalue weighted by Gasteiger charge is -2.25. The molecule has 1 aliphatic rings. The molecule has 28 heavy (non-hydrogen) atoms. The Morgan fingerprint density at radius 1 is 1.14 bits per heavy atom. The number of hydrogen-bond donors (Lipinski definition) is 3. The second kappa shape index (κ2) is 6.95. The Morgan fingerprint density at radius 3 is 2.32 bits per heavy atom. The number of nitrogens with zero attached hydrogens (tertiary/aromatic N) is 1. The maximum Gasteiger partial charge on any atom is 0.344 e. The Labute approximate surface area is 162 Å². The third-order valence-electron chi connectivity index (χ3n) is 5.12. The van der Waals surface area contributed by atoms with Crippen molar-refractivity contribution in [1.82, 2.24) is 20.7 Å². The van der Waals surface area contributed by atoms with Crippen LogP contribution in [0, 0.1) is 13.8 Å². The third-order valence-corrected chi connectivity index (χ3v) is 5.12. The largest absolute Gasteiger partial charge is 0.354 e. The maximum atomic E-state index is 13.1. The number of ketones is 1. The average Bonchev–Trinajstić information content (AvgIpc) is 3.10. The fourth-order valence-electron chi connectivity index (χ4n) is 3.70. The Hall–Kier alpha value is -3.42. The molecule has 1 atom stereocenters. The minimum Gasteiger partial charge on any atom is -0.354 e. The zero-order chi connectivity index (χ0) is 20.6. The van der Waals surface area contributed by atoms with Gasteiger partial charge in [0.15, 0.2) is 5.78 Å². The molecule has 0 bridgehead atoms. The van der Waals surface area contributed by atoms with Crippen LogP contribution < -0.4 is 10.7 Å². The van der Waals surface area contributed by atoms with E-state index >= 15 is 0 Å². The molecule has 4 amide bonds. The van der Waals surface area contributed by atoms with Crippen molar-refractivity contribution in [2.45, 2.75) is 39.7 Å². The molecule has 2 heterocycles. The summed E-state index contributed by atoms with van der Waals surface area (Å²) in [7, 11) is 0. The van der Waals surface area contributed by atoms with Crippen LogP contribution in [0.4, 0.5) is 4.79 Å². The van der Waals surface area contributed by atoms with Gasteiger partial charge in [0.1, 0.15) is 11.2 Å². The molecular weight excluding hydrogens is 360 g/mol. The van der Waals surface area contributed by atoms with E-state index in [2.05, 4.69) is 15.7 Å². The van der Waals surface area contributed by atoms with E-state index in [4.69, 9.17) is 0 Å². The summed E-state index contributed by atoms with van der Waals surface area (Å²) in [6.07, 6.45) is 0.322. The van der Waals surface area contributed by atoms with Crippen LogP contribution in [0.15, 0.2) is 30.3 Å². The van der Waals surface area contributed by atoms with Gasteiger partial charge in [0.25, 0.3) is 11.8 Å². The number of urea groups is 1. The van der Waals surface area contributed by atoms with Gasteiger partial charge in [0, 0.05) is 11.3 Å². The number of Topliss-reactive ketones (excluding diaryl/α,β-unsaturated/α-hetero) is 1. The molecule has 1 fully saturated rings. The van der Waals surface area contributed by atoms with Crippen molar-refractivity contribution in [3.8, 4) is 0 Å². The molecule has 0 saturated carbocycles. The van der Waals surface area contributed by atoms with Crippen LogP contribution in [0.5, 0.6) is 0 Å². The number of rotatable bonds is 5. The van der Waals surface area contributed by atoms with Crippen LogP contribution in [0.1, 0.15) is 57.9 Å². The van der Waals surface area contributed by atoms with Crippen LogP contribution in [0.25, 0.3) is 0 Å². The predicted molar refractivity (Wildman–Crippen MR) is 102 cm³/mol. The summed E-state index contributed by atoms with van der Waals surface area (Å²) in [5.74, 6) is -1.40. The van der Waals surface area contributed by atoms with E-state index in [0.717, 1.165) is 0 Å². The molecule has 1 aromatic heterocycles. The number of aromatic nitrogens is 1. The molecule has 3 rings (SSSR count). The second-order valence-electron chi connectivity index (χ2n) is 6.82. The van der Waals surface area contributed by atoms with Gasteiger partial charge in [-0.3, -0.25) is 19.8 Å². The number of aryl methyl sites for hydroxylation is 1. The van der Waals surface area contributed by atoms with Crippen molar-refractivity contribution in [2.75, 3.05) is 0 Å². The highest BCUT2D eigenvalue weighted by Crippen LogP contribution is 2.31. The van der Waals surface area contributed by atoms with E-state index in [9.17, 15) is 19.2 Å². The SMILES string of the molecule is CC[C@]1(c2ccccc2)NC(=O)N(NC(=O)c2[nH]c(C)c(C(C)=O)c2C)C1=O. The molecule has 0 radical (unpaired) electrons. The Morgan fingerprint density at radius 2 is 1.79 bits per heavy atom. The lowest BCUT2D eigenvalue weighted by molar-refractivity contribution is -0.133. The van der Waals surface area contributed by atoms with Gasteiger partial charge in [-0.1, -0.05) is 37.3 Å². The number of carbonyl (C=O) groups is 4. The molecule has 8 nitrogen and oxygen atoms in total. The van der Waals surface area contributed by atoms with Crippen LogP contribution in [-0.2, 0) is 10.3 Å². The minimum atomic E-state index is -1.24. The molecule has 1 aliphatic heterocycles. The summed E-state index contributed by atoms with van der Waals surface area (Å²) in [5, 5.41) is 3.39. The quantitative estimate of drug-likeness (QED) is 0.544. The zero-order valence-electron chi connectivity index (χ0n) is 16.2. The van der Waals surface area contributed by atoms with Gasteiger partial charge < -0.3 is 10.3 Å².